The summed E-state index contributed by atoms with van der Waals surface area (Å²) in [5, 5.41) is 6.73. The first kappa shape index (κ1) is 17.5. The molecule has 0 bridgehead atoms. The maximum absolute atomic E-state index is 12.9. The SMILES string of the molecule is Cc1ccc(-c2cc(C(=O)O[C@@H](C)C(=O)c3ccc(F)cc3)[nH]n2)cc1. The highest BCUT2D eigenvalue weighted by Crippen LogP contribution is 2.19. The number of nitrogens with one attached hydrogen (secondary N) is 1. The molecule has 26 heavy (non-hydrogen) atoms. The highest BCUT2D eigenvalue weighted by molar-refractivity contribution is 6.01. The Morgan fingerprint density at radius 2 is 1.73 bits per heavy atom. The summed E-state index contributed by atoms with van der Waals surface area (Å²) in [7, 11) is 0. The number of aryl methyl sites for hydroxylation is 1. The van der Waals surface area contributed by atoms with Gasteiger partial charge in [-0.2, -0.15) is 5.10 Å². The van der Waals surface area contributed by atoms with Crippen LogP contribution in [0.4, 0.5) is 4.39 Å². The van der Waals surface area contributed by atoms with Gasteiger partial charge in [0.2, 0.25) is 5.78 Å². The molecule has 5 nitrogen and oxygen atoms in total. The van der Waals surface area contributed by atoms with Crippen LogP contribution < -0.4 is 0 Å². The first-order valence-corrected chi connectivity index (χ1v) is 8.07. The number of benzene rings is 2. The topological polar surface area (TPSA) is 72.1 Å². The largest absolute Gasteiger partial charge is 0.450 e. The van der Waals surface area contributed by atoms with Crippen molar-refractivity contribution in [1.29, 1.82) is 0 Å². The number of aromatic amines is 1. The Labute approximate surface area is 149 Å². The van der Waals surface area contributed by atoms with E-state index in [-0.39, 0.29) is 11.3 Å². The predicted molar refractivity (Wildman–Crippen MR) is 94.4 cm³/mol. The maximum Gasteiger partial charge on any atom is 0.357 e. The Morgan fingerprint density at radius 1 is 1.08 bits per heavy atom. The van der Waals surface area contributed by atoms with Crippen LogP contribution in [-0.2, 0) is 4.74 Å². The van der Waals surface area contributed by atoms with Gasteiger partial charge in [-0.25, -0.2) is 9.18 Å². The molecule has 0 amide bonds. The van der Waals surface area contributed by atoms with Crippen molar-refractivity contribution in [3.8, 4) is 11.3 Å². The van der Waals surface area contributed by atoms with Crippen molar-refractivity contribution in [3.05, 3.63) is 77.2 Å². The van der Waals surface area contributed by atoms with Gasteiger partial charge in [-0.15, -0.1) is 0 Å². The van der Waals surface area contributed by atoms with Crippen LogP contribution in [0.15, 0.2) is 54.6 Å². The van der Waals surface area contributed by atoms with E-state index in [1.165, 1.54) is 31.2 Å². The van der Waals surface area contributed by atoms with E-state index < -0.39 is 23.7 Å². The van der Waals surface area contributed by atoms with Crippen LogP contribution >= 0.6 is 0 Å². The van der Waals surface area contributed by atoms with Crippen LogP contribution in [0.2, 0.25) is 0 Å². The first-order valence-electron chi connectivity index (χ1n) is 8.07. The third kappa shape index (κ3) is 3.85. The number of ether oxygens (including phenoxy) is 1. The summed E-state index contributed by atoms with van der Waals surface area (Å²) in [5.41, 5.74) is 3.02. The Bertz CT molecular complexity index is 930. The minimum Gasteiger partial charge on any atom is -0.450 e. The Hall–Kier alpha value is -3.28. The lowest BCUT2D eigenvalue weighted by Crippen LogP contribution is -2.24. The zero-order chi connectivity index (χ0) is 18.7. The molecule has 1 atom stereocenters. The third-order valence-corrected chi connectivity index (χ3v) is 3.93. The zero-order valence-electron chi connectivity index (χ0n) is 14.3. The van der Waals surface area contributed by atoms with Gasteiger partial charge in [0.05, 0.1) is 5.69 Å². The smallest absolute Gasteiger partial charge is 0.357 e. The van der Waals surface area contributed by atoms with Gasteiger partial charge in [0.15, 0.2) is 6.10 Å². The lowest BCUT2D eigenvalue weighted by molar-refractivity contribution is 0.0313. The normalized spacial score (nSPS) is 11.8. The lowest BCUT2D eigenvalue weighted by atomic mass is 10.1. The number of hydrogen-bond donors (Lipinski definition) is 1. The molecule has 6 heteroatoms. The Kier molecular flexibility index (Phi) is 4.93. The first-order chi connectivity index (χ1) is 12.4. The van der Waals surface area contributed by atoms with Gasteiger partial charge in [0.1, 0.15) is 11.5 Å². The van der Waals surface area contributed by atoms with Crippen molar-refractivity contribution >= 4 is 11.8 Å². The van der Waals surface area contributed by atoms with Gasteiger partial charge in [-0.3, -0.25) is 9.89 Å². The number of halogens is 1. The number of Topliss-reactive ketones (excluding diaryl/α,β-unsaturated/α-hetero) is 1. The van der Waals surface area contributed by atoms with Crippen LogP contribution in [-0.4, -0.2) is 28.1 Å². The number of hydrogen-bond acceptors (Lipinski definition) is 4. The fraction of sp³-hybridized carbons (Fsp3) is 0.150. The highest BCUT2D eigenvalue weighted by Gasteiger charge is 2.22. The number of nitrogens with zero attached hydrogens (tertiary/aromatic N) is 1. The summed E-state index contributed by atoms with van der Waals surface area (Å²) in [6.45, 7) is 3.46. The number of carbonyl (C=O) groups excluding carboxylic acids is 2. The summed E-state index contributed by atoms with van der Waals surface area (Å²) in [6, 6.07) is 14.4. The average molecular weight is 352 g/mol. The maximum atomic E-state index is 12.9. The number of esters is 1. The van der Waals surface area contributed by atoms with E-state index in [2.05, 4.69) is 10.2 Å². The summed E-state index contributed by atoms with van der Waals surface area (Å²) in [6.07, 6.45) is -1.00. The third-order valence-electron chi connectivity index (χ3n) is 3.93. The summed E-state index contributed by atoms with van der Waals surface area (Å²) >= 11 is 0. The van der Waals surface area contributed by atoms with Gasteiger partial charge in [0.25, 0.3) is 0 Å². The van der Waals surface area contributed by atoms with E-state index in [1.54, 1.807) is 6.07 Å². The van der Waals surface area contributed by atoms with E-state index in [0.29, 0.717) is 5.69 Å². The van der Waals surface area contributed by atoms with Gasteiger partial charge in [-0.05, 0) is 44.2 Å². The summed E-state index contributed by atoms with van der Waals surface area (Å²) < 4.78 is 18.1. The van der Waals surface area contributed by atoms with Crippen molar-refractivity contribution in [2.75, 3.05) is 0 Å². The molecule has 1 heterocycles. The number of H-pyrrole nitrogens is 1. The molecule has 3 rings (SSSR count). The highest BCUT2D eigenvalue weighted by atomic mass is 19.1. The fourth-order valence-corrected chi connectivity index (χ4v) is 2.42. The minimum atomic E-state index is -1.00. The number of rotatable bonds is 5. The molecule has 132 valence electrons. The molecule has 0 spiro atoms. The van der Waals surface area contributed by atoms with Crippen LogP contribution in [0.5, 0.6) is 0 Å². The minimum absolute atomic E-state index is 0.152. The second-order valence-corrected chi connectivity index (χ2v) is 5.95. The molecule has 0 aliphatic carbocycles. The molecule has 0 fully saturated rings. The molecule has 0 aliphatic rings. The van der Waals surface area contributed by atoms with Crippen molar-refractivity contribution in [2.45, 2.75) is 20.0 Å². The molecule has 0 saturated heterocycles. The van der Waals surface area contributed by atoms with Crippen molar-refractivity contribution < 1.29 is 18.7 Å². The molecule has 2 aromatic carbocycles. The molecule has 0 saturated carbocycles. The van der Waals surface area contributed by atoms with Crippen molar-refractivity contribution in [3.63, 3.8) is 0 Å². The van der Waals surface area contributed by atoms with Gasteiger partial charge < -0.3 is 4.74 Å². The molecule has 3 aromatic rings. The second-order valence-electron chi connectivity index (χ2n) is 5.95. The number of ketones is 1. The van der Waals surface area contributed by atoms with Crippen LogP contribution in [0.25, 0.3) is 11.3 Å². The molecule has 0 radical (unpaired) electrons. The van der Waals surface area contributed by atoms with Crippen molar-refractivity contribution in [2.24, 2.45) is 0 Å². The lowest BCUT2D eigenvalue weighted by Gasteiger charge is -2.11. The number of carbonyl (C=O) groups is 2. The second kappa shape index (κ2) is 7.31. The average Bonchev–Trinajstić information content (AvgIpc) is 3.12. The van der Waals surface area contributed by atoms with Crippen molar-refractivity contribution in [1.82, 2.24) is 10.2 Å². The van der Waals surface area contributed by atoms with E-state index in [4.69, 9.17) is 4.74 Å². The zero-order valence-corrected chi connectivity index (χ0v) is 14.3. The van der Waals surface area contributed by atoms with Gasteiger partial charge in [0, 0.05) is 11.1 Å². The summed E-state index contributed by atoms with van der Waals surface area (Å²) in [4.78, 5) is 24.5. The van der Waals surface area contributed by atoms with Gasteiger partial charge in [-0.1, -0.05) is 29.8 Å². The Morgan fingerprint density at radius 3 is 2.38 bits per heavy atom. The number of aromatic nitrogens is 2. The van der Waals surface area contributed by atoms with Crippen LogP contribution in [0.1, 0.15) is 33.3 Å². The quantitative estimate of drug-likeness (QED) is 0.557. The summed E-state index contributed by atoms with van der Waals surface area (Å²) in [5.74, 6) is -1.53. The van der Waals surface area contributed by atoms with Crippen LogP contribution in [0, 0.1) is 12.7 Å². The van der Waals surface area contributed by atoms with Gasteiger partial charge >= 0.3 is 5.97 Å². The molecular weight excluding hydrogens is 335 g/mol. The molecule has 0 unspecified atom stereocenters. The van der Waals surface area contributed by atoms with E-state index in [9.17, 15) is 14.0 Å². The molecular formula is C20H17FN2O3. The van der Waals surface area contributed by atoms with E-state index >= 15 is 0 Å². The molecule has 0 aliphatic heterocycles. The van der Waals surface area contributed by atoms with Crippen LogP contribution in [0.3, 0.4) is 0 Å². The Balaban J connectivity index is 1.69. The predicted octanol–water partition coefficient (Wildman–Crippen LogP) is 3.95. The molecule has 1 N–H and O–H groups in total. The monoisotopic (exact) mass is 352 g/mol. The standard InChI is InChI=1S/C20H17FN2O3/c1-12-3-5-14(6-4-12)17-11-18(23-22-17)20(25)26-13(2)19(24)15-7-9-16(21)10-8-15/h3-11,13H,1-2H3,(H,22,23)/t13-/m0/s1. The molecule has 1 aromatic heterocycles. The van der Waals surface area contributed by atoms with E-state index in [0.717, 1.165) is 11.1 Å². The fourth-order valence-electron chi connectivity index (χ4n) is 2.42. The van der Waals surface area contributed by atoms with E-state index in [1.807, 2.05) is 31.2 Å².